The van der Waals surface area contributed by atoms with Gasteiger partial charge in [0.05, 0.1) is 12.2 Å². The van der Waals surface area contributed by atoms with Crippen molar-refractivity contribution in [2.75, 3.05) is 6.61 Å². The highest BCUT2D eigenvalue weighted by Crippen LogP contribution is 2.33. The number of rotatable bonds is 14. The van der Waals surface area contributed by atoms with E-state index in [1.54, 1.807) is 6.07 Å². The fourth-order valence-corrected chi connectivity index (χ4v) is 4.38. The van der Waals surface area contributed by atoms with Crippen LogP contribution in [0.1, 0.15) is 82.8 Å². The number of benzene rings is 3. The largest absolute Gasteiger partial charge is 0.494 e. The van der Waals surface area contributed by atoms with Crippen molar-refractivity contribution in [1.82, 2.24) is 0 Å². The average Bonchev–Trinajstić information content (AvgIpc) is 2.89. The number of aryl methyl sites for hydroxylation is 1. The zero-order valence-electron chi connectivity index (χ0n) is 21.3. The highest BCUT2D eigenvalue weighted by Gasteiger charge is 2.16. The van der Waals surface area contributed by atoms with E-state index < -0.39 is 5.82 Å². The SMILES string of the molecule is CCCCCCCCOc1ccc(-c2ccc(-c3ccc(CCCCC)cc3)c(C#N)c2F)cc1. The summed E-state index contributed by atoms with van der Waals surface area (Å²) in [6, 6.07) is 21.4. The molecule has 0 amide bonds. The first-order valence-corrected chi connectivity index (χ1v) is 13.2. The first-order chi connectivity index (χ1) is 17.2. The fourth-order valence-electron chi connectivity index (χ4n) is 4.38. The third kappa shape index (κ3) is 7.69. The molecule has 3 aromatic carbocycles. The minimum Gasteiger partial charge on any atom is -0.494 e. The standard InChI is InChI=1S/C32H38FNO/c1-3-5-7-8-9-11-23-35-28-19-17-27(18-20-28)30-22-21-29(31(24-34)32(30)33)26-15-13-25(14-16-26)12-10-6-4-2/h13-22H,3-12,23H2,1-2H3. The molecule has 3 aromatic rings. The molecule has 0 saturated heterocycles. The van der Waals surface area contributed by atoms with Crippen LogP contribution in [-0.4, -0.2) is 6.61 Å². The van der Waals surface area contributed by atoms with Crippen LogP contribution in [0, 0.1) is 17.1 Å². The summed E-state index contributed by atoms with van der Waals surface area (Å²) in [7, 11) is 0. The van der Waals surface area contributed by atoms with Crippen molar-refractivity contribution in [2.24, 2.45) is 0 Å². The number of hydrogen-bond acceptors (Lipinski definition) is 2. The van der Waals surface area contributed by atoms with Crippen molar-refractivity contribution in [1.29, 1.82) is 5.26 Å². The number of halogens is 1. The zero-order valence-corrected chi connectivity index (χ0v) is 21.3. The van der Waals surface area contributed by atoms with Gasteiger partial charge in [0, 0.05) is 11.1 Å². The Labute approximate surface area is 210 Å². The Morgan fingerprint density at radius 2 is 1.26 bits per heavy atom. The van der Waals surface area contributed by atoms with Gasteiger partial charge >= 0.3 is 0 Å². The molecule has 3 heteroatoms. The van der Waals surface area contributed by atoms with Crippen molar-refractivity contribution >= 4 is 0 Å². The van der Waals surface area contributed by atoms with Crippen molar-refractivity contribution in [2.45, 2.75) is 78.1 Å². The summed E-state index contributed by atoms with van der Waals surface area (Å²) in [5.41, 5.74) is 4.03. The monoisotopic (exact) mass is 471 g/mol. The molecular weight excluding hydrogens is 433 g/mol. The Balaban J connectivity index is 1.66. The van der Waals surface area contributed by atoms with Crippen LogP contribution in [-0.2, 0) is 6.42 Å². The molecule has 0 N–H and O–H groups in total. The number of hydrogen-bond donors (Lipinski definition) is 0. The predicted octanol–water partition coefficient (Wildman–Crippen LogP) is 9.50. The number of unbranched alkanes of at least 4 members (excludes halogenated alkanes) is 7. The first-order valence-electron chi connectivity index (χ1n) is 13.2. The summed E-state index contributed by atoms with van der Waals surface area (Å²) in [5.74, 6) is 0.316. The Kier molecular flexibility index (Phi) is 10.8. The van der Waals surface area contributed by atoms with E-state index >= 15 is 4.39 Å². The van der Waals surface area contributed by atoms with Gasteiger partial charge in [-0.05, 0) is 48.1 Å². The van der Waals surface area contributed by atoms with E-state index in [1.807, 2.05) is 42.5 Å². The summed E-state index contributed by atoms with van der Waals surface area (Å²) in [4.78, 5) is 0. The lowest BCUT2D eigenvalue weighted by Crippen LogP contribution is -1.98. The molecule has 0 bridgehead atoms. The molecule has 3 rings (SSSR count). The smallest absolute Gasteiger partial charge is 0.149 e. The van der Waals surface area contributed by atoms with Gasteiger partial charge in [0.1, 0.15) is 17.6 Å². The van der Waals surface area contributed by atoms with Crippen LogP contribution >= 0.6 is 0 Å². The molecule has 0 aromatic heterocycles. The molecule has 0 fully saturated rings. The molecule has 0 heterocycles. The molecule has 35 heavy (non-hydrogen) atoms. The van der Waals surface area contributed by atoms with Gasteiger partial charge in [-0.2, -0.15) is 5.26 Å². The van der Waals surface area contributed by atoms with Gasteiger partial charge < -0.3 is 4.74 Å². The molecule has 2 nitrogen and oxygen atoms in total. The van der Waals surface area contributed by atoms with Crippen LogP contribution in [0.15, 0.2) is 60.7 Å². The fraction of sp³-hybridized carbons (Fsp3) is 0.406. The van der Waals surface area contributed by atoms with Gasteiger partial charge in [-0.25, -0.2) is 4.39 Å². The second-order valence-corrected chi connectivity index (χ2v) is 9.26. The van der Waals surface area contributed by atoms with E-state index in [0.29, 0.717) is 17.7 Å². The second-order valence-electron chi connectivity index (χ2n) is 9.26. The molecule has 0 saturated carbocycles. The van der Waals surface area contributed by atoms with Crippen LogP contribution in [0.2, 0.25) is 0 Å². The highest BCUT2D eigenvalue weighted by molar-refractivity contribution is 5.77. The van der Waals surface area contributed by atoms with Crippen molar-refractivity contribution < 1.29 is 9.13 Å². The van der Waals surface area contributed by atoms with E-state index in [-0.39, 0.29) is 5.56 Å². The minimum absolute atomic E-state index is 0.0876. The number of nitrogens with zero attached hydrogens (tertiary/aromatic N) is 1. The van der Waals surface area contributed by atoms with Gasteiger partial charge in [0.2, 0.25) is 0 Å². The number of nitriles is 1. The van der Waals surface area contributed by atoms with E-state index in [1.165, 1.54) is 56.9 Å². The lowest BCUT2D eigenvalue weighted by atomic mass is 9.93. The second kappa shape index (κ2) is 14.3. The average molecular weight is 472 g/mol. The summed E-state index contributed by atoms with van der Waals surface area (Å²) >= 11 is 0. The molecule has 0 atom stereocenters. The van der Waals surface area contributed by atoms with Gasteiger partial charge in [-0.3, -0.25) is 0 Å². The third-order valence-electron chi connectivity index (χ3n) is 6.52. The zero-order chi connectivity index (χ0) is 24.9. The van der Waals surface area contributed by atoms with Crippen molar-refractivity contribution in [3.63, 3.8) is 0 Å². The summed E-state index contributed by atoms with van der Waals surface area (Å²) < 4.78 is 21.3. The topological polar surface area (TPSA) is 33.0 Å². The molecular formula is C32H38FNO. The molecule has 0 aliphatic rings. The Morgan fingerprint density at radius 1 is 0.686 bits per heavy atom. The maximum absolute atomic E-state index is 15.4. The molecule has 0 aliphatic carbocycles. The molecule has 0 spiro atoms. The van der Waals surface area contributed by atoms with Crippen LogP contribution in [0.5, 0.6) is 5.75 Å². The Bertz CT molecular complexity index is 1080. The molecule has 0 unspecified atom stereocenters. The summed E-state index contributed by atoms with van der Waals surface area (Å²) in [6.45, 7) is 5.12. The van der Waals surface area contributed by atoms with E-state index in [0.717, 1.165) is 29.7 Å². The van der Waals surface area contributed by atoms with Crippen LogP contribution < -0.4 is 4.74 Å². The maximum atomic E-state index is 15.4. The lowest BCUT2D eigenvalue weighted by molar-refractivity contribution is 0.304. The quantitative estimate of drug-likeness (QED) is 0.219. The summed E-state index contributed by atoms with van der Waals surface area (Å²) in [6.07, 6.45) is 12.0. The van der Waals surface area contributed by atoms with Gasteiger partial charge in [-0.15, -0.1) is 0 Å². The van der Waals surface area contributed by atoms with Crippen molar-refractivity contribution in [3.8, 4) is 34.1 Å². The predicted molar refractivity (Wildman–Crippen MR) is 144 cm³/mol. The highest BCUT2D eigenvalue weighted by atomic mass is 19.1. The summed E-state index contributed by atoms with van der Waals surface area (Å²) in [5, 5.41) is 9.75. The Morgan fingerprint density at radius 3 is 1.94 bits per heavy atom. The van der Waals surface area contributed by atoms with Crippen LogP contribution in [0.4, 0.5) is 4.39 Å². The normalized spacial score (nSPS) is 10.8. The van der Waals surface area contributed by atoms with Gasteiger partial charge in [-0.1, -0.05) is 107 Å². The molecule has 0 radical (unpaired) electrons. The van der Waals surface area contributed by atoms with E-state index in [2.05, 4.69) is 32.0 Å². The maximum Gasteiger partial charge on any atom is 0.149 e. The Hall–Kier alpha value is -3.12. The minimum atomic E-state index is -0.474. The first kappa shape index (κ1) is 26.5. The number of ether oxygens (including phenoxy) is 1. The van der Waals surface area contributed by atoms with Crippen molar-refractivity contribution in [3.05, 3.63) is 77.6 Å². The van der Waals surface area contributed by atoms with Crippen LogP contribution in [0.25, 0.3) is 22.3 Å². The van der Waals surface area contributed by atoms with E-state index in [9.17, 15) is 5.26 Å². The van der Waals surface area contributed by atoms with E-state index in [4.69, 9.17) is 4.74 Å². The van der Waals surface area contributed by atoms with Gasteiger partial charge in [0.25, 0.3) is 0 Å². The molecule has 184 valence electrons. The molecule has 0 aliphatic heterocycles. The van der Waals surface area contributed by atoms with Crippen LogP contribution in [0.3, 0.4) is 0 Å². The lowest BCUT2D eigenvalue weighted by Gasteiger charge is -2.12. The van der Waals surface area contributed by atoms with Gasteiger partial charge in [0.15, 0.2) is 0 Å². The third-order valence-corrected chi connectivity index (χ3v) is 6.52.